The van der Waals surface area contributed by atoms with Gasteiger partial charge in [-0.3, -0.25) is 0 Å². The molecule has 5 nitrogen and oxygen atoms in total. The number of methoxy groups -OCH3 is 2. The molecule has 0 aliphatic carbocycles. The summed E-state index contributed by atoms with van der Waals surface area (Å²) in [5.74, 6) is 1.66. The lowest BCUT2D eigenvalue weighted by molar-refractivity contribution is 0.394. The van der Waals surface area contributed by atoms with E-state index >= 15 is 0 Å². The summed E-state index contributed by atoms with van der Waals surface area (Å²) >= 11 is 0. The highest BCUT2D eigenvalue weighted by Crippen LogP contribution is 2.35. The molecule has 106 valence electrons. The first-order valence-corrected chi connectivity index (χ1v) is 6.47. The molecule has 0 radical (unpaired) electrons. The second-order valence-electron chi connectivity index (χ2n) is 4.54. The molecule has 0 aliphatic heterocycles. The molecular weight excluding hydrogens is 266 g/mol. The van der Waals surface area contributed by atoms with Crippen molar-refractivity contribution < 1.29 is 9.47 Å². The molecule has 0 saturated carbocycles. The van der Waals surface area contributed by atoms with Crippen LogP contribution in [0, 0.1) is 0 Å². The minimum Gasteiger partial charge on any atom is -0.496 e. The molecule has 0 fully saturated rings. The zero-order valence-corrected chi connectivity index (χ0v) is 11.8. The summed E-state index contributed by atoms with van der Waals surface area (Å²) in [6.07, 6.45) is 0. The van der Waals surface area contributed by atoms with Crippen molar-refractivity contribution in [2.45, 2.75) is 0 Å². The van der Waals surface area contributed by atoms with Crippen molar-refractivity contribution in [3.8, 4) is 23.0 Å². The number of nitrogens with two attached hydrogens (primary N) is 1. The Bertz CT molecular complexity index is 788. The van der Waals surface area contributed by atoms with Gasteiger partial charge in [-0.25, -0.2) is 4.98 Å². The van der Waals surface area contributed by atoms with Gasteiger partial charge in [0.15, 0.2) is 5.82 Å². The average Bonchev–Trinajstić information content (AvgIpc) is 2.53. The van der Waals surface area contributed by atoms with E-state index in [2.05, 4.69) is 9.97 Å². The number of benzene rings is 2. The number of hydrogen-bond acceptors (Lipinski definition) is 5. The Morgan fingerprint density at radius 1 is 0.952 bits per heavy atom. The van der Waals surface area contributed by atoms with Crippen LogP contribution in [0.1, 0.15) is 0 Å². The molecular formula is C16H15N3O2. The van der Waals surface area contributed by atoms with Crippen LogP contribution < -0.4 is 15.2 Å². The van der Waals surface area contributed by atoms with Gasteiger partial charge in [0.2, 0.25) is 5.88 Å². The minimum absolute atomic E-state index is 0.468. The van der Waals surface area contributed by atoms with Crippen molar-refractivity contribution in [1.82, 2.24) is 9.97 Å². The van der Waals surface area contributed by atoms with Crippen molar-refractivity contribution >= 4 is 16.6 Å². The molecule has 0 unspecified atom stereocenters. The minimum atomic E-state index is 0.468. The Kier molecular flexibility index (Phi) is 3.31. The largest absolute Gasteiger partial charge is 0.496 e. The number of fused-ring (bicyclic) bond motifs is 1. The molecule has 1 aromatic heterocycles. The van der Waals surface area contributed by atoms with Gasteiger partial charge >= 0.3 is 0 Å². The molecule has 3 aromatic rings. The van der Waals surface area contributed by atoms with Crippen LogP contribution in [0.3, 0.4) is 0 Å². The fourth-order valence-electron chi connectivity index (χ4n) is 2.24. The number of aromatic nitrogens is 2. The van der Waals surface area contributed by atoms with Crippen LogP contribution in [0.4, 0.5) is 5.69 Å². The number of anilines is 1. The van der Waals surface area contributed by atoms with Gasteiger partial charge in [0.05, 0.1) is 19.7 Å². The molecule has 0 atom stereocenters. The second kappa shape index (κ2) is 5.28. The Morgan fingerprint density at radius 3 is 2.38 bits per heavy atom. The summed E-state index contributed by atoms with van der Waals surface area (Å²) in [6, 6.07) is 13.2. The summed E-state index contributed by atoms with van der Waals surface area (Å²) in [4.78, 5) is 9.05. The molecule has 0 bridgehead atoms. The number of rotatable bonds is 3. The van der Waals surface area contributed by atoms with E-state index in [4.69, 9.17) is 15.2 Å². The van der Waals surface area contributed by atoms with Crippen LogP contribution in [0.2, 0.25) is 0 Å². The zero-order valence-electron chi connectivity index (χ0n) is 11.8. The first-order valence-electron chi connectivity index (χ1n) is 6.47. The van der Waals surface area contributed by atoms with Crippen LogP contribution in [0.5, 0.6) is 11.6 Å². The molecule has 0 amide bonds. The Morgan fingerprint density at radius 2 is 1.71 bits per heavy atom. The molecule has 0 saturated heterocycles. The quantitative estimate of drug-likeness (QED) is 0.747. The molecule has 1 heterocycles. The lowest BCUT2D eigenvalue weighted by atomic mass is 10.1. The lowest BCUT2D eigenvalue weighted by Gasteiger charge is -2.11. The van der Waals surface area contributed by atoms with Crippen molar-refractivity contribution in [2.75, 3.05) is 20.0 Å². The molecule has 0 aliphatic rings. The standard InChI is InChI=1S/C16H15N3O2/c1-20-13-9-11(17)8-12-14(13)16(21-2)19-15(18-12)10-6-4-3-5-7-10/h3-9H,17H2,1-2H3. The molecule has 2 N–H and O–H groups in total. The summed E-state index contributed by atoms with van der Waals surface area (Å²) in [5.41, 5.74) is 8.09. The topological polar surface area (TPSA) is 70.3 Å². The maximum Gasteiger partial charge on any atom is 0.228 e. The predicted molar refractivity (Wildman–Crippen MR) is 82.5 cm³/mol. The third-order valence-electron chi connectivity index (χ3n) is 3.20. The maximum absolute atomic E-state index is 5.90. The summed E-state index contributed by atoms with van der Waals surface area (Å²) < 4.78 is 10.8. The molecule has 21 heavy (non-hydrogen) atoms. The zero-order chi connectivity index (χ0) is 14.8. The molecule has 2 aromatic carbocycles. The van der Waals surface area contributed by atoms with Crippen LogP contribution in [-0.4, -0.2) is 24.2 Å². The van der Waals surface area contributed by atoms with Crippen LogP contribution >= 0.6 is 0 Å². The fourth-order valence-corrected chi connectivity index (χ4v) is 2.24. The third kappa shape index (κ3) is 2.33. The first kappa shape index (κ1) is 13.2. The fraction of sp³-hybridized carbons (Fsp3) is 0.125. The first-order chi connectivity index (χ1) is 10.2. The van der Waals surface area contributed by atoms with E-state index in [9.17, 15) is 0 Å². The average molecular weight is 281 g/mol. The van der Waals surface area contributed by atoms with E-state index in [-0.39, 0.29) is 0 Å². The van der Waals surface area contributed by atoms with Gasteiger partial charge in [-0.2, -0.15) is 4.98 Å². The Hall–Kier alpha value is -2.82. The summed E-state index contributed by atoms with van der Waals surface area (Å²) in [5, 5.41) is 0.717. The molecule has 0 spiro atoms. The monoisotopic (exact) mass is 281 g/mol. The van der Waals surface area contributed by atoms with Gasteiger partial charge in [0.1, 0.15) is 11.1 Å². The van der Waals surface area contributed by atoms with E-state index in [1.807, 2.05) is 30.3 Å². The highest BCUT2D eigenvalue weighted by Gasteiger charge is 2.14. The number of ether oxygens (including phenoxy) is 2. The SMILES string of the molecule is COc1cc(N)cc2nc(-c3ccccc3)nc(OC)c12. The number of nitrogens with zero attached hydrogens (tertiary/aromatic N) is 2. The summed E-state index contributed by atoms with van der Waals surface area (Å²) in [7, 11) is 3.16. The Labute approximate surface area is 122 Å². The predicted octanol–water partition coefficient (Wildman–Crippen LogP) is 2.90. The number of nitrogen functional groups attached to an aromatic ring is 1. The van der Waals surface area contributed by atoms with Gasteiger partial charge in [0, 0.05) is 17.3 Å². The normalized spacial score (nSPS) is 10.6. The molecule has 5 heteroatoms. The Balaban J connectivity index is 2.32. The smallest absolute Gasteiger partial charge is 0.228 e. The van der Waals surface area contributed by atoms with Crippen molar-refractivity contribution in [1.29, 1.82) is 0 Å². The number of hydrogen-bond donors (Lipinski definition) is 1. The van der Waals surface area contributed by atoms with Crippen molar-refractivity contribution in [2.24, 2.45) is 0 Å². The van der Waals surface area contributed by atoms with Gasteiger partial charge < -0.3 is 15.2 Å². The van der Waals surface area contributed by atoms with Crippen LogP contribution in [0.25, 0.3) is 22.3 Å². The lowest BCUT2D eigenvalue weighted by Crippen LogP contribution is -1.99. The molecule has 3 rings (SSSR count). The highest BCUT2D eigenvalue weighted by molar-refractivity contribution is 5.93. The van der Waals surface area contributed by atoms with Gasteiger partial charge in [-0.1, -0.05) is 30.3 Å². The second-order valence-corrected chi connectivity index (χ2v) is 4.54. The van der Waals surface area contributed by atoms with Gasteiger partial charge in [0.25, 0.3) is 0 Å². The van der Waals surface area contributed by atoms with Crippen LogP contribution in [-0.2, 0) is 0 Å². The highest BCUT2D eigenvalue weighted by atomic mass is 16.5. The van der Waals surface area contributed by atoms with Gasteiger partial charge in [-0.05, 0) is 6.07 Å². The van der Waals surface area contributed by atoms with Crippen molar-refractivity contribution in [3.05, 3.63) is 42.5 Å². The van der Waals surface area contributed by atoms with E-state index in [0.29, 0.717) is 34.0 Å². The van der Waals surface area contributed by atoms with E-state index in [0.717, 1.165) is 5.56 Å². The van der Waals surface area contributed by atoms with E-state index in [1.165, 1.54) is 0 Å². The van der Waals surface area contributed by atoms with E-state index in [1.54, 1.807) is 26.4 Å². The van der Waals surface area contributed by atoms with E-state index < -0.39 is 0 Å². The van der Waals surface area contributed by atoms with Gasteiger partial charge in [-0.15, -0.1) is 0 Å². The third-order valence-corrected chi connectivity index (χ3v) is 3.20. The van der Waals surface area contributed by atoms with Crippen molar-refractivity contribution in [3.63, 3.8) is 0 Å². The van der Waals surface area contributed by atoms with Crippen LogP contribution in [0.15, 0.2) is 42.5 Å². The maximum atomic E-state index is 5.90. The summed E-state index contributed by atoms with van der Waals surface area (Å²) in [6.45, 7) is 0.